The number of carbonyl (C=O) groups excluding carboxylic acids is 1. The molecule has 0 aliphatic carbocycles. The van der Waals surface area contributed by atoms with Gasteiger partial charge >= 0.3 is 5.97 Å². The molecule has 0 spiro atoms. The lowest BCUT2D eigenvalue weighted by molar-refractivity contribution is 0.0199. The van der Waals surface area contributed by atoms with Crippen molar-refractivity contribution < 1.29 is 9.53 Å². The molecule has 4 nitrogen and oxygen atoms in total. The maximum absolute atomic E-state index is 12.1. The summed E-state index contributed by atoms with van der Waals surface area (Å²) in [5.41, 5.74) is 1.79. The molecule has 21 heavy (non-hydrogen) atoms. The van der Waals surface area contributed by atoms with Crippen LogP contribution in [0.15, 0.2) is 36.5 Å². The molecule has 0 bridgehead atoms. The van der Waals surface area contributed by atoms with Crippen molar-refractivity contribution in [3.05, 3.63) is 47.7 Å². The molecular weight excluding hydrogens is 264 g/mol. The average molecular weight is 286 g/mol. The zero-order valence-corrected chi connectivity index (χ0v) is 12.5. The van der Waals surface area contributed by atoms with Crippen LogP contribution in [-0.4, -0.2) is 41.7 Å². The van der Waals surface area contributed by atoms with Gasteiger partial charge in [0.2, 0.25) is 0 Å². The van der Waals surface area contributed by atoms with E-state index in [1.165, 1.54) is 6.42 Å². The fraction of sp³-hybridized carbons (Fsp3) is 0.471. The second kappa shape index (κ2) is 6.31. The van der Waals surface area contributed by atoms with Gasteiger partial charge in [-0.3, -0.25) is 0 Å². The van der Waals surface area contributed by atoms with Crippen LogP contribution in [0.3, 0.4) is 0 Å². The third-order valence-electron chi connectivity index (χ3n) is 4.18. The highest BCUT2D eigenvalue weighted by Gasteiger charge is 2.29. The Kier molecular flexibility index (Phi) is 4.25. The zero-order chi connectivity index (χ0) is 14.7. The van der Waals surface area contributed by atoms with Crippen molar-refractivity contribution in [3.63, 3.8) is 0 Å². The SMILES string of the molecule is CCOC(=O)c1ccccc1CC1CC=CN2CCCN12. The highest BCUT2D eigenvalue weighted by atomic mass is 16.5. The number of hydrazine groups is 1. The van der Waals surface area contributed by atoms with Gasteiger partial charge in [-0.15, -0.1) is 0 Å². The van der Waals surface area contributed by atoms with Gasteiger partial charge in [0.1, 0.15) is 0 Å². The minimum Gasteiger partial charge on any atom is -0.462 e. The van der Waals surface area contributed by atoms with Gasteiger partial charge in [0.15, 0.2) is 0 Å². The molecule has 0 radical (unpaired) electrons. The predicted molar refractivity (Wildman–Crippen MR) is 81.7 cm³/mol. The normalized spacial score (nSPS) is 21.4. The van der Waals surface area contributed by atoms with Gasteiger partial charge in [0.05, 0.1) is 12.2 Å². The molecular formula is C17H22N2O2. The van der Waals surface area contributed by atoms with E-state index in [4.69, 9.17) is 4.74 Å². The van der Waals surface area contributed by atoms with Crippen LogP contribution in [0.2, 0.25) is 0 Å². The Hall–Kier alpha value is -1.81. The van der Waals surface area contributed by atoms with Crippen LogP contribution in [0, 0.1) is 0 Å². The average Bonchev–Trinajstić information content (AvgIpc) is 2.97. The van der Waals surface area contributed by atoms with Crippen LogP contribution >= 0.6 is 0 Å². The number of benzene rings is 1. The minimum atomic E-state index is -0.210. The number of hydrogen-bond donors (Lipinski definition) is 0. The Morgan fingerprint density at radius 1 is 1.33 bits per heavy atom. The second-order valence-electron chi connectivity index (χ2n) is 5.54. The summed E-state index contributed by atoms with van der Waals surface area (Å²) in [7, 11) is 0. The highest BCUT2D eigenvalue weighted by Crippen LogP contribution is 2.25. The second-order valence-corrected chi connectivity index (χ2v) is 5.54. The van der Waals surface area contributed by atoms with Crippen LogP contribution in [0.25, 0.3) is 0 Å². The number of rotatable bonds is 4. The molecule has 2 heterocycles. The monoisotopic (exact) mass is 286 g/mol. The first kappa shape index (κ1) is 14.1. The molecule has 0 saturated carbocycles. The summed E-state index contributed by atoms with van der Waals surface area (Å²) < 4.78 is 5.17. The van der Waals surface area contributed by atoms with Crippen molar-refractivity contribution in [1.29, 1.82) is 0 Å². The molecule has 0 amide bonds. The van der Waals surface area contributed by atoms with Crippen LogP contribution in [-0.2, 0) is 11.2 Å². The van der Waals surface area contributed by atoms with E-state index < -0.39 is 0 Å². The Bertz CT molecular complexity index is 541. The molecule has 112 valence electrons. The molecule has 0 N–H and O–H groups in total. The summed E-state index contributed by atoms with van der Waals surface area (Å²) in [6.45, 7) is 4.47. The number of carbonyl (C=O) groups is 1. The van der Waals surface area contributed by atoms with Crippen molar-refractivity contribution in [1.82, 2.24) is 10.0 Å². The van der Waals surface area contributed by atoms with Crippen molar-refractivity contribution in [2.24, 2.45) is 0 Å². The maximum atomic E-state index is 12.1. The van der Waals surface area contributed by atoms with Crippen molar-refractivity contribution in [2.75, 3.05) is 19.7 Å². The molecule has 0 aromatic heterocycles. The zero-order valence-electron chi connectivity index (χ0n) is 12.5. The first-order valence-corrected chi connectivity index (χ1v) is 7.74. The molecule has 1 fully saturated rings. The van der Waals surface area contributed by atoms with E-state index in [9.17, 15) is 4.79 Å². The standard InChI is InChI=1S/C17H22N2O2/c1-2-21-17(20)16-9-4-3-7-14(16)13-15-8-5-10-18-11-6-12-19(15)18/h3-5,7,9-10,15H,2,6,8,11-13H2,1H3. The fourth-order valence-electron chi connectivity index (χ4n) is 3.21. The largest absolute Gasteiger partial charge is 0.462 e. The third kappa shape index (κ3) is 2.95. The number of fused-ring (bicyclic) bond motifs is 1. The van der Waals surface area contributed by atoms with Crippen molar-refractivity contribution in [2.45, 2.75) is 32.2 Å². The quantitative estimate of drug-likeness (QED) is 0.797. The molecule has 1 aromatic rings. The first-order valence-electron chi connectivity index (χ1n) is 7.74. The van der Waals surface area contributed by atoms with Crippen LogP contribution < -0.4 is 0 Å². The van der Waals surface area contributed by atoms with Gasteiger partial charge < -0.3 is 9.75 Å². The molecule has 3 rings (SSSR count). The minimum absolute atomic E-state index is 0.210. The summed E-state index contributed by atoms with van der Waals surface area (Å²) in [5, 5.41) is 4.74. The molecule has 1 atom stereocenters. The summed E-state index contributed by atoms with van der Waals surface area (Å²) in [6.07, 6.45) is 7.55. The molecule has 1 unspecified atom stereocenters. The van der Waals surface area contributed by atoms with E-state index in [0.29, 0.717) is 18.2 Å². The molecule has 2 aliphatic rings. The smallest absolute Gasteiger partial charge is 0.338 e. The molecule has 4 heteroatoms. The van der Waals surface area contributed by atoms with E-state index in [-0.39, 0.29) is 5.97 Å². The Balaban J connectivity index is 1.78. The van der Waals surface area contributed by atoms with E-state index in [0.717, 1.165) is 31.5 Å². The molecule has 1 aromatic carbocycles. The number of esters is 1. The summed E-state index contributed by atoms with van der Waals surface area (Å²) in [4.78, 5) is 12.1. The topological polar surface area (TPSA) is 32.8 Å². The molecule has 2 aliphatic heterocycles. The summed E-state index contributed by atoms with van der Waals surface area (Å²) in [6, 6.07) is 8.25. The van der Waals surface area contributed by atoms with Gasteiger partial charge in [-0.05, 0) is 37.8 Å². The van der Waals surface area contributed by atoms with E-state index in [1.807, 2.05) is 31.2 Å². The van der Waals surface area contributed by atoms with Crippen LogP contribution in [0.5, 0.6) is 0 Å². The highest BCUT2D eigenvalue weighted by molar-refractivity contribution is 5.91. The third-order valence-corrected chi connectivity index (χ3v) is 4.18. The Morgan fingerprint density at radius 2 is 2.19 bits per heavy atom. The van der Waals surface area contributed by atoms with Gasteiger partial charge in [-0.1, -0.05) is 24.3 Å². The Morgan fingerprint density at radius 3 is 3.05 bits per heavy atom. The first-order chi connectivity index (χ1) is 10.3. The lowest BCUT2D eigenvalue weighted by Gasteiger charge is -2.37. The molecule has 1 saturated heterocycles. The fourth-order valence-corrected chi connectivity index (χ4v) is 3.21. The predicted octanol–water partition coefficient (Wildman–Crippen LogP) is 2.61. The van der Waals surface area contributed by atoms with Crippen molar-refractivity contribution >= 4 is 5.97 Å². The van der Waals surface area contributed by atoms with Gasteiger partial charge in [0.25, 0.3) is 0 Å². The summed E-state index contributed by atoms with van der Waals surface area (Å²) >= 11 is 0. The number of hydrogen-bond acceptors (Lipinski definition) is 4. The van der Waals surface area contributed by atoms with Crippen LogP contribution in [0.1, 0.15) is 35.7 Å². The van der Waals surface area contributed by atoms with E-state index in [1.54, 1.807) is 0 Å². The lowest BCUT2D eigenvalue weighted by atomic mass is 9.97. The van der Waals surface area contributed by atoms with Gasteiger partial charge in [-0.2, -0.15) is 0 Å². The Labute approximate surface area is 126 Å². The van der Waals surface area contributed by atoms with Crippen LogP contribution in [0.4, 0.5) is 0 Å². The van der Waals surface area contributed by atoms with Gasteiger partial charge in [0, 0.05) is 25.3 Å². The van der Waals surface area contributed by atoms with Crippen molar-refractivity contribution in [3.8, 4) is 0 Å². The maximum Gasteiger partial charge on any atom is 0.338 e. The van der Waals surface area contributed by atoms with E-state index in [2.05, 4.69) is 22.3 Å². The lowest BCUT2D eigenvalue weighted by Crippen LogP contribution is -2.44. The van der Waals surface area contributed by atoms with Gasteiger partial charge in [-0.25, -0.2) is 9.80 Å². The number of ether oxygens (including phenoxy) is 1. The number of nitrogens with zero attached hydrogens (tertiary/aromatic N) is 2. The summed E-state index contributed by atoms with van der Waals surface area (Å²) in [5.74, 6) is -0.210. The van der Waals surface area contributed by atoms with E-state index >= 15 is 0 Å².